The van der Waals surface area contributed by atoms with Gasteiger partial charge in [-0.3, -0.25) is 9.59 Å². The number of rotatable bonds is 5. The largest absolute Gasteiger partial charge is 0.417 e. The highest BCUT2D eigenvalue weighted by atomic mass is 19.4. The number of alkyl halides is 3. The summed E-state index contributed by atoms with van der Waals surface area (Å²) >= 11 is 0. The minimum atomic E-state index is -4.96. The number of amides is 2. The fourth-order valence-electron chi connectivity index (χ4n) is 3.16. The van der Waals surface area contributed by atoms with E-state index in [1.807, 2.05) is 0 Å². The molecule has 0 atom stereocenters. The highest BCUT2D eigenvalue weighted by Crippen LogP contribution is 2.37. The summed E-state index contributed by atoms with van der Waals surface area (Å²) in [7, 11) is 0. The summed E-state index contributed by atoms with van der Waals surface area (Å²) in [5, 5.41) is 6.22. The Hall–Kier alpha value is -4.68. The van der Waals surface area contributed by atoms with Crippen molar-refractivity contribution in [3.8, 4) is 17.1 Å². The van der Waals surface area contributed by atoms with Crippen LogP contribution in [-0.4, -0.2) is 31.6 Å². The zero-order chi connectivity index (χ0) is 25.3. The van der Waals surface area contributed by atoms with Crippen LogP contribution in [0, 0.1) is 11.6 Å². The van der Waals surface area contributed by atoms with Crippen LogP contribution in [-0.2, 0) is 6.18 Å². The summed E-state index contributed by atoms with van der Waals surface area (Å²) in [5.74, 6) is -4.69. The van der Waals surface area contributed by atoms with E-state index in [1.54, 1.807) is 0 Å². The van der Waals surface area contributed by atoms with Gasteiger partial charge in [0, 0.05) is 24.0 Å². The van der Waals surface area contributed by atoms with Crippen LogP contribution in [0.25, 0.3) is 17.1 Å². The number of primary amides is 1. The van der Waals surface area contributed by atoms with Gasteiger partial charge in [-0.2, -0.15) is 18.3 Å². The van der Waals surface area contributed by atoms with Crippen LogP contribution in [0.2, 0.25) is 0 Å². The second kappa shape index (κ2) is 8.93. The van der Waals surface area contributed by atoms with E-state index in [2.05, 4.69) is 20.4 Å². The second-order valence-electron chi connectivity index (χ2n) is 7.07. The first-order valence-electron chi connectivity index (χ1n) is 9.70. The van der Waals surface area contributed by atoms with Crippen LogP contribution >= 0.6 is 0 Å². The van der Waals surface area contributed by atoms with Gasteiger partial charge >= 0.3 is 6.18 Å². The van der Waals surface area contributed by atoms with Crippen molar-refractivity contribution in [3.63, 3.8) is 0 Å². The zero-order valence-corrected chi connectivity index (χ0v) is 17.3. The highest BCUT2D eigenvalue weighted by molar-refractivity contribution is 6.05. The number of benzene rings is 2. The van der Waals surface area contributed by atoms with Gasteiger partial charge in [0.15, 0.2) is 11.5 Å². The van der Waals surface area contributed by atoms with Crippen molar-refractivity contribution >= 4 is 17.6 Å². The molecular formula is C22H13F5N6O2. The molecule has 4 rings (SSSR count). The van der Waals surface area contributed by atoms with E-state index in [9.17, 15) is 31.5 Å². The summed E-state index contributed by atoms with van der Waals surface area (Å²) < 4.78 is 69.6. The van der Waals surface area contributed by atoms with Gasteiger partial charge in [0.25, 0.3) is 11.8 Å². The zero-order valence-electron chi connectivity index (χ0n) is 17.3. The number of anilines is 1. The van der Waals surface area contributed by atoms with Gasteiger partial charge in [0.1, 0.15) is 17.5 Å². The highest BCUT2D eigenvalue weighted by Gasteiger charge is 2.36. The molecule has 178 valence electrons. The van der Waals surface area contributed by atoms with E-state index >= 15 is 0 Å². The number of halogens is 5. The predicted octanol–water partition coefficient (Wildman–Crippen LogP) is 3.98. The van der Waals surface area contributed by atoms with Gasteiger partial charge < -0.3 is 11.1 Å². The maximum atomic E-state index is 14.7. The molecule has 0 saturated heterocycles. The second-order valence-corrected chi connectivity index (χ2v) is 7.07. The molecule has 0 unspecified atom stereocenters. The lowest BCUT2D eigenvalue weighted by Gasteiger charge is -2.15. The van der Waals surface area contributed by atoms with E-state index in [-0.39, 0.29) is 29.1 Å². The summed E-state index contributed by atoms with van der Waals surface area (Å²) in [6.07, 6.45) is -2.57. The molecule has 0 radical (unpaired) electrons. The Morgan fingerprint density at radius 3 is 2.23 bits per heavy atom. The van der Waals surface area contributed by atoms with Gasteiger partial charge in [-0.1, -0.05) is 0 Å². The predicted molar refractivity (Wildman–Crippen MR) is 112 cm³/mol. The maximum Gasteiger partial charge on any atom is 0.417 e. The van der Waals surface area contributed by atoms with Gasteiger partial charge in [0.05, 0.1) is 16.8 Å². The molecule has 0 aliphatic carbocycles. The Bertz CT molecular complexity index is 1420. The summed E-state index contributed by atoms with van der Waals surface area (Å²) in [4.78, 5) is 32.0. The first-order valence-corrected chi connectivity index (χ1v) is 9.70. The number of carbonyl (C=O) groups excluding carboxylic acids is 2. The third kappa shape index (κ3) is 4.83. The molecule has 2 amide bonds. The summed E-state index contributed by atoms with van der Waals surface area (Å²) in [5.41, 5.74) is 2.42. The topological polar surface area (TPSA) is 116 Å². The van der Waals surface area contributed by atoms with Gasteiger partial charge in [0.2, 0.25) is 0 Å². The molecule has 0 bridgehead atoms. The summed E-state index contributed by atoms with van der Waals surface area (Å²) in [6, 6.07) is 8.05. The first-order chi connectivity index (χ1) is 16.5. The van der Waals surface area contributed by atoms with E-state index in [0.29, 0.717) is 6.07 Å². The molecule has 0 fully saturated rings. The van der Waals surface area contributed by atoms with Gasteiger partial charge in [-0.15, -0.1) is 0 Å². The van der Waals surface area contributed by atoms with E-state index in [4.69, 9.17) is 5.73 Å². The van der Waals surface area contributed by atoms with Crippen LogP contribution in [0.15, 0.2) is 60.9 Å². The molecule has 2 aromatic heterocycles. The minimum Gasteiger partial charge on any atom is -0.364 e. The molecule has 2 aromatic carbocycles. The van der Waals surface area contributed by atoms with Crippen LogP contribution < -0.4 is 11.1 Å². The first kappa shape index (κ1) is 23.5. The van der Waals surface area contributed by atoms with Crippen molar-refractivity contribution in [2.75, 3.05) is 5.32 Å². The van der Waals surface area contributed by atoms with Crippen LogP contribution in [0.4, 0.5) is 27.8 Å². The van der Waals surface area contributed by atoms with Crippen molar-refractivity contribution in [1.82, 2.24) is 19.7 Å². The third-order valence-electron chi connectivity index (χ3n) is 4.74. The SMILES string of the molecule is NC(=O)c1cc(NC(=O)c2cc(-c3ncccn3)c(C(F)(F)F)cc2F)n(-c2ccc(F)cc2)n1. The average molecular weight is 488 g/mol. The number of aromatic nitrogens is 4. The summed E-state index contributed by atoms with van der Waals surface area (Å²) in [6.45, 7) is 0. The van der Waals surface area contributed by atoms with Gasteiger partial charge in [-0.25, -0.2) is 23.4 Å². The third-order valence-corrected chi connectivity index (χ3v) is 4.74. The van der Waals surface area contributed by atoms with Crippen LogP contribution in [0.3, 0.4) is 0 Å². The average Bonchev–Trinajstić information content (AvgIpc) is 3.23. The van der Waals surface area contributed by atoms with Crippen molar-refractivity contribution in [1.29, 1.82) is 0 Å². The van der Waals surface area contributed by atoms with E-state index in [1.165, 1.54) is 30.6 Å². The van der Waals surface area contributed by atoms with Gasteiger partial charge in [-0.05, 0) is 42.5 Å². The minimum absolute atomic E-state index is 0.173. The van der Waals surface area contributed by atoms with Crippen molar-refractivity contribution < 1.29 is 31.5 Å². The Kier molecular flexibility index (Phi) is 5.99. The number of carbonyl (C=O) groups is 2. The fourth-order valence-corrected chi connectivity index (χ4v) is 3.16. The van der Waals surface area contributed by atoms with Crippen LogP contribution in [0.1, 0.15) is 26.4 Å². The van der Waals surface area contributed by atoms with Crippen molar-refractivity contribution in [2.45, 2.75) is 6.18 Å². The lowest BCUT2D eigenvalue weighted by atomic mass is 10.0. The molecule has 0 spiro atoms. The number of nitrogens with one attached hydrogen (secondary N) is 1. The molecule has 4 aromatic rings. The number of nitrogens with two attached hydrogens (primary N) is 1. The molecule has 0 aliphatic heterocycles. The number of nitrogens with zero attached hydrogens (tertiary/aromatic N) is 4. The smallest absolute Gasteiger partial charge is 0.364 e. The Labute approximate surface area is 193 Å². The molecule has 35 heavy (non-hydrogen) atoms. The number of hydrogen-bond donors (Lipinski definition) is 2. The van der Waals surface area contributed by atoms with Crippen molar-refractivity contribution in [2.24, 2.45) is 5.73 Å². The molecule has 13 heteroatoms. The molecule has 3 N–H and O–H groups in total. The molecule has 0 saturated carbocycles. The quantitative estimate of drug-likeness (QED) is 0.413. The van der Waals surface area contributed by atoms with E-state index in [0.717, 1.165) is 22.9 Å². The monoisotopic (exact) mass is 488 g/mol. The fraction of sp³-hybridized carbons (Fsp3) is 0.0455. The Morgan fingerprint density at radius 2 is 1.63 bits per heavy atom. The lowest BCUT2D eigenvalue weighted by Crippen LogP contribution is -2.18. The molecule has 0 aliphatic rings. The van der Waals surface area contributed by atoms with Crippen LogP contribution in [0.5, 0.6) is 0 Å². The normalized spacial score (nSPS) is 11.3. The standard InChI is InChI=1S/C22H13F5N6O2/c23-11-2-4-12(5-3-11)33-18(10-17(32-33)19(28)34)31-21(35)14-8-13(20-29-6-1-7-30-20)15(9-16(14)24)22(25,26)27/h1-10H,(H2,28,34)(H,31,35). The van der Waals surface area contributed by atoms with Crippen molar-refractivity contribution in [3.05, 3.63) is 89.4 Å². The molecule has 2 heterocycles. The lowest BCUT2D eigenvalue weighted by molar-refractivity contribution is -0.137. The maximum absolute atomic E-state index is 14.7. The molecular weight excluding hydrogens is 475 g/mol. The Balaban J connectivity index is 1.78. The van der Waals surface area contributed by atoms with E-state index < -0.39 is 46.3 Å². The molecule has 8 nitrogen and oxygen atoms in total. The Morgan fingerprint density at radius 1 is 0.971 bits per heavy atom. The number of hydrogen-bond acceptors (Lipinski definition) is 5.